The Morgan fingerprint density at radius 2 is 1.88 bits per heavy atom. The van der Waals surface area contributed by atoms with Gasteiger partial charge in [-0.25, -0.2) is 0 Å². The lowest BCUT2D eigenvalue weighted by atomic mass is 9.84. The summed E-state index contributed by atoms with van der Waals surface area (Å²) in [7, 11) is 2.03. The van der Waals surface area contributed by atoms with Gasteiger partial charge in [0.25, 0.3) is 0 Å². The van der Waals surface area contributed by atoms with Crippen molar-refractivity contribution in [2.45, 2.75) is 32.6 Å². The maximum absolute atomic E-state index is 3.49. The predicted octanol–water partition coefficient (Wildman–Crippen LogP) is 4.19. The van der Waals surface area contributed by atoms with Crippen molar-refractivity contribution in [3.05, 3.63) is 34.3 Å². The molecule has 16 heavy (non-hydrogen) atoms. The number of hydrogen-bond acceptors (Lipinski definition) is 1. The zero-order chi connectivity index (χ0) is 12.0. The Morgan fingerprint density at radius 1 is 1.25 bits per heavy atom. The lowest BCUT2D eigenvalue weighted by molar-refractivity contribution is 0.413. The molecular formula is C14H22BrN. The molecule has 0 aliphatic carbocycles. The van der Waals surface area contributed by atoms with Gasteiger partial charge in [0.15, 0.2) is 0 Å². The number of benzene rings is 1. The molecule has 90 valence electrons. The van der Waals surface area contributed by atoms with E-state index >= 15 is 0 Å². The second-order valence-corrected chi connectivity index (χ2v) is 5.40. The SMILES string of the molecule is CCCC(C)C(CNC)c1ccc(Br)cc1. The summed E-state index contributed by atoms with van der Waals surface area (Å²) >= 11 is 3.49. The van der Waals surface area contributed by atoms with Crippen molar-refractivity contribution in [2.24, 2.45) is 5.92 Å². The van der Waals surface area contributed by atoms with Crippen molar-refractivity contribution in [3.8, 4) is 0 Å². The van der Waals surface area contributed by atoms with Gasteiger partial charge in [-0.3, -0.25) is 0 Å². The van der Waals surface area contributed by atoms with Gasteiger partial charge in [-0.15, -0.1) is 0 Å². The molecule has 2 atom stereocenters. The van der Waals surface area contributed by atoms with Crippen molar-refractivity contribution in [1.29, 1.82) is 0 Å². The van der Waals surface area contributed by atoms with Gasteiger partial charge >= 0.3 is 0 Å². The molecule has 0 spiro atoms. The highest BCUT2D eigenvalue weighted by Gasteiger charge is 2.17. The van der Waals surface area contributed by atoms with Gasteiger partial charge in [-0.1, -0.05) is 54.8 Å². The third-order valence-electron chi connectivity index (χ3n) is 3.15. The first-order chi connectivity index (χ1) is 7.69. The molecule has 0 aliphatic heterocycles. The Morgan fingerprint density at radius 3 is 2.38 bits per heavy atom. The van der Waals surface area contributed by atoms with Crippen LogP contribution in [0.1, 0.15) is 38.2 Å². The van der Waals surface area contributed by atoms with Gasteiger partial charge in [0.1, 0.15) is 0 Å². The van der Waals surface area contributed by atoms with Gasteiger partial charge in [0.05, 0.1) is 0 Å². The Balaban J connectivity index is 2.79. The fraction of sp³-hybridized carbons (Fsp3) is 0.571. The zero-order valence-corrected chi connectivity index (χ0v) is 12.0. The highest BCUT2D eigenvalue weighted by molar-refractivity contribution is 9.10. The smallest absolute Gasteiger partial charge is 0.0175 e. The molecule has 0 aromatic heterocycles. The third-order valence-corrected chi connectivity index (χ3v) is 3.68. The molecule has 0 fully saturated rings. The van der Waals surface area contributed by atoms with E-state index in [-0.39, 0.29) is 0 Å². The van der Waals surface area contributed by atoms with Gasteiger partial charge in [-0.2, -0.15) is 0 Å². The molecule has 1 aromatic rings. The minimum Gasteiger partial charge on any atom is -0.319 e. The number of halogens is 1. The predicted molar refractivity (Wildman–Crippen MR) is 74.9 cm³/mol. The van der Waals surface area contributed by atoms with E-state index in [0.29, 0.717) is 5.92 Å². The second kappa shape index (κ2) is 7.08. The summed E-state index contributed by atoms with van der Waals surface area (Å²) in [6.45, 7) is 5.67. The van der Waals surface area contributed by atoms with E-state index in [1.165, 1.54) is 18.4 Å². The Bertz CT molecular complexity index is 294. The molecule has 0 heterocycles. The quantitative estimate of drug-likeness (QED) is 0.826. The molecule has 1 rings (SSSR count). The summed E-state index contributed by atoms with van der Waals surface area (Å²) in [5.41, 5.74) is 1.44. The van der Waals surface area contributed by atoms with Crippen LogP contribution in [0.15, 0.2) is 28.7 Å². The Labute approximate surface area is 108 Å². The molecule has 2 unspecified atom stereocenters. The van der Waals surface area contributed by atoms with Crippen molar-refractivity contribution in [3.63, 3.8) is 0 Å². The molecule has 0 radical (unpaired) electrons. The number of likely N-dealkylation sites (N-methyl/N-ethyl adjacent to an activating group) is 1. The van der Waals surface area contributed by atoms with Crippen LogP contribution in [0.3, 0.4) is 0 Å². The summed E-state index contributed by atoms with van der Waals surface area (Å²) in [5, 5.41) is 3.31. The fourth-order valence-corrected chi connectivity index (χ4v) is 2.50. The molecule has 2 heteroatoms. The van der Waals surface area contributed by atoms with Crippen LogP contribution in [-0.2, 0) is 0 Å². The van der Waals surface area contributed by atoms with E-state index in [1.807, 2.05) is 7.05 Å². The third kappa shape index (κ3) is 3.91. The lowest BCUT2D eigenvalue weighted by Gasteiger charge is -2.24. The van der Waals surface area contributed by atoms with E-state index in [1.54, 1.807) is 0 Å². The van der Waals surface area contributed by atoms with Crippen LogP contribution in [0.25, 0.3) is 0 Å². The normalized spacial score (nSPS) is 14.8. The van der Waals surface area contributed by atoms with Crippen molar-refractivity contribution in [1.82, 2.24) is 5.32 Å². The molecular weight excluding hydrogens is 262 g/mol. The average molecular weight is 284 g/mol. The molecule has 1 nitrogen and oxygen atoms in total. The highest BCUT2D eigenvalue weighted by atomic mass is 79.9. The standard InChI is InChI=1S/C14H22BrN/c1-4-5-11(2)14(10-16-3)12-6-8-13(15)9-7-12/h6-9,11,14,16H,4-5,10H2,1-3H3. The molecule has 0 aliphatic rings. The Hall–Kier alpha value is -0.340. The maximum Gasteiger partial charge on any atom is 0.0175 e. The first-order valence-electron chi connectivity index (χ1n) is 6.09. The molecule has 0 saturated carbocycles. The van der Waals surface area contributed by atoms with Gasteiger partial charge in [-0.05, 0) is 36.6 Å². The van der Waals surface area contributed by atoms with Crippen LogP contribution in [-0.4, -0.2) is 13.6 Å². The largest absolute Gasteiger partial charge is 0.319 e. The number of rotatable bonds is 6. The summed E-state index contributed by atoms with van der Waals surface area (Å²) < 4.78 is 1.16. The average Bonchev–Trinajstić information content (AvgIpc) is 2.28. The highest BCUT2D eigenvalue weighted by Crippen LogP contribution is 2.28. The first-order valence-corrected chi connectivity index (χ1v) is 6.88. The molecule has 0 bridgehead atoms. The topological polar surface area (TPSA) is 12.0 Å². The van der Waals surface area contributed by atoms with Gasteiger partial charge in [0.2, 0.25) is 0 Å². The van der Waals surface area contributed by atoms with E-state index in [9.17, 15) is 0 Å². The van der Waals surface area contributed by atoms with Crippen LogP contribution < -0.4 is 5.32 Å². The van der Waals surface area contributed by atoms with Crippen LogP contribution >= 0.6 is 15.9 Å². The monoisotopic (exact) mass is 283 g/mol. The Kier molecular flexibility index (Phi) is 6.07. The molecule has 0 amide bonds. The first kappa shape index (κ1) is 13.7. The molecule has 0 saturated heterocycles. The summed E-state index contributed by atoms with van der Waals surface area (Å²) in [6, 6.07) is 8.74. The zero-order valence-electron chi connectivity index (χ0n) is 10.5. The lowest BCUT2D eigenvalue weighted by Crippen LogP contribution is -2.22. The maximum atomic E-state index is 3.49. The van der Waals surface area contributed by atoms with Crippen molar-refractivity contribution < 1.29 is 0 Å². The van der Waals surface area contributed by atoms with E-state index in [4.69, 9.17) is 0 Å². The van der Waals surface area contributed by atoms with Crippen molar-refractivity contribution >= 4 is 15.9 Å². The van der Waals surface area contributed by atoms with E-state index in [0.717, 1.165) is 16.9 Å². The summed E-state index contributed by atoms with van der Waals surface area (Å²) in [5.74, 6) is 1.36. The summed E-state index contributed by atoms with van der Waals surface area (Å²) in [6.07, 6.45) is 2.56. The minimum atomic E-state index is 0.623. The van der Waals surface area contributed by atoms with E-state index in [2.05, 4.69) is 59.4 Å². The molecule has 1 N–H and O–H groups in total. The minimum absolute atomic E-state index is 0.623. The van der Waals surface area contributed by atoms with Crippen molar-refractivity contribution in [2.75, 3.05) is 13.6 Å². The number of hydrogen-bond donors (Lipinski definition) is 1. The molecule has 1 aromatic carbocycles. The number of nitrogens with one attached hydrogen (secondary N) is 1. The van der Waals surface area contributed by atoms with Crippen LogP contribution in [0.4, 0.5) is 0 Å². The van der Waals surface area contributed by atoms with Crippen LogP contribution in [0.2, 0.25) is 0 Å². The fourth-order valence-electron chi connectivity index (χ4n) is 2.23. The van der Waals surface area contributed by atoms with E-state index < -0.39 is 0 Å². The second-order valence-electron chi connectivity index (χ2n) is 4.48. The summed E-state index contributed by atoms with van der Waals surface area (Å²) in [4.78, 5) is 0. The van der Waals surface area contributed by atoms with Crippen LogP contribution in [0.5, 0.6) is 0 Å². The van der Waals surface area contributed by atoms with Crippen LogP contribution in [0, 0.1) is 5.92 Å². The van der Waals surface area contributed by atoms with Gasteiger partial charge in [0, 0.05) is 11.0 Å². The van der Waals surface area contributed by atoms with Gasteiger partial charge < -0.3 is 5.32 Å².